The summed E-state index contributed by atoms with van der Waals surface area (Å²) in [6.45, 7) is 0. The lowest BCUT2D eigenvalue weighted by Gasteiger charge is -2.11. The van der Waals surface area contributed by atoms with E-state index >= 15 is 0 Å². The van der Waals surface area contributed by atoms with Crippen molar-refractivity contribution in [3.63, 3.8) is 0 Å². The number of amides is 2. The standard InChI is InChI=1S/C23H16Cl5N3O3/c1-34-18-10-15(4-5-29-18)30-21(32)16-9-14(2-3-17(16)26)31-22(33)20-19(23(20,27)28)11-6-12(24)8-13(25)7-11/h2-10,19-20H,1H3,(H,31,33)(H,29,30,32)/t19-,20+/m1/s1. The molecule has 1 fully saturated rings. The number of alkyl halides is 2. The van der Waals surface area contributed by atoms with Crippen LogP contribution in [0.25, 0.3) is 0 Å². The molecule has 11 heteroatoms. The van der Waals surface area contributed by atoms with Gasteiger partial charge in [0.25, 0.3) is 5.91 Å². The summed E-state index contributed by atoms with van der Waals surface area (Å²) in [4.78, 5) is 29.7. The van der Waals surface area contributed by atoms with Crippen LogP contribution in [-0.2, 0) is 4.79 Å². The molecule has 4 rings (SSSR count). The molecule has 0 aliphatic heterocycles. The van der Waals surface area contributed by atoms with Gasteiger partial charge >= 0.3 is 0 Å². The maximum absolute atomic E-state index is 13.0. The van der Waals surface area contributed by atoms with Gasteiger partial charge in [0.1, 0.15) is 4.33 Å². The molecule has 1 aliphatic carbocycles. The molecule has 176 valence electrons. The number of benzene rings is 2. The van der Waals surface area contributed by atoms with Gasteiger partial charge in [-0.15, -0.1) is 23.2 Å². The molecule has 1 heterocycles. The zero-order chi connectivity index (χ0) is 24.6. The molecule has 0 spiro atoms. The summed E-state index contributed by atoms with van der Waals surface area (Å²) in [6.07, 6.45) is 1.50. The molecule has 34 heavy (non-hydrogen) atoms. The highest BCUT2D eigenvalue weighted by Crippen LogP contribution is 2.65. The van der Waals surface area contributed by atoms with Gasteiger partial charge in [0.2, 0.25) is 11.8 Å². The predicted octanol–water partition coefficient (Wildman–Crippen LogP) is 6.83. The van der Waals surface area contributed by atoms with Crippen LogP contribution >= 0.6 is 58.0 Å². The number of rotatable bonds is 6. The fourth-order valence-electron chi connectivity index (χ4n) is 3.62. The maximum Gasteiger partial charge on any atom is 0.257 e. The first-order valence-corrected chi connectivity index (χ1v) is 11.7. The van der Waals surface area contributed by atoms with Crippen LogP contribution in [0.5, 0.6) is 5.88 Å². The smallest absolute Gasteiger partial charge is 0.257 e. The number of hydrogen-bond donors (Lipinski definition) is 2. The second-order valence-corrected chi connectivity index (χ2v) is 10.3. The van der Waals surface area contributed by atoms with Gasteiger partial charge < -0.3 is 15.4 Å². The minimum absolute atomic E-state index is 0.159. The number of hydrogen-bond acceptors (Lipinski definition) is 4. The molecule has 1 saturated carbocycles. The summed E-state index contributed by atoms with van der Waals surface area (Å²) in [7, 11) is 1.47. The minimum Gasteiger partial charge on any atom is -0.481 e. The highest BCUT2D eigenvalue weighted by atomic mass is 35.5. The van der Waals surface area contributed by atoms with E-state index in [-0.39, 0.29) is 10.6 Å². The lowest BCUT2D eigenvalue weighted by atomic mass is 10.1. The largest absolute Gasteiger partial charge is 0.481 e. The van der Waals surface area contributed by atoms with Crippen LogP contribution in [0.4, 0.5) is 11.4 Å². The van der Waals surface area contributed by atoms with Crippen molar-refractivity contribution < 1.29 is 14.3 Å². The number of methoxy groups -OCH3 is 1. The van der Waals surface area contributed by atoms with Crippen LogP contribution in [0.15, 0.2) is 54.7 Å². The number of aromatic nitrogens is 1. The van der Waals surface area contributed by atoms with Gasteiger partial charge in [0.05, 0.1) is 23.6 Å². The number of nitrogens with one attached hydrogen (secondary N) is 2. The summed E-state index contributed by atoms with van der Waals surface area (Å²) in [5.41, 5.74) is 1.64. The topological polar surface area (TPSA) is 80.3 Å². The van der Waals surface area contributed by atoms with E-state index in [9.17, 15) is 9.59 Å². The van der Waals surface area contributed by atoms with Gasteiger partial charge in [0, 0.05) is 39.6 Å². The van der Waals surface area contributed by atoms with Crippen molar-refractivity contribution in [2.24, 2.45) is 5.92 Å². The molecule has 1 aliphatic rings. The van der Waals surface area contributed by atoms with Crippen LogP contribution in [0, 0.1) is 5.92 Å². The second-order valence-electron chi connectivity index (χ2n) is 7.56. The number of anilines is 2. The Bertz CT molecular complexity index is 1260. The molecule has 0 saturated heterocycles. The third-order valence-electron chi connectivity index (χ3n) is 5.26. The third-order valence-corrected chi connectivity index (χ3v) is 6.97. The van der Waals surface area contributed by atoms with Crippen LogP contribution < -0.4 is 15.4 Å². The number of halogens is 5. The highest BCUT2D eigenvalue weighted by molar-refractivity contribution is 6.53. The first kappa shape index (κ1) is 24.9. The first-order valence-electron chi connectivity index (χ1n) is 9.85. The van der Waals surface area contributed by atoms with Gasteiger partial charge in [-0.25, -0.2) is 4.98 Å². The number of nitrogens with zero attached hydrogens (tertiary/aromatic N) is 1. The zero-order valence-electron chi connectivity index (χ0n) is 17.4. The monoisotopic (exact) mass is 557 g/mol. The molecule has 6 nitrogen and oxygen atoms in total. The van der Waals surface area contributed by atoms with Gasteiger partial charge in [0.15, 0.2) is 0 Å². The van der Waals surface area contributed by atoms with Crippen LogP contribution in [0.1, 0.15) is 21.8 Å². The Kier molecular flexibility index (Phi) is 7.17. The summed E-state index contributed by atoms with van der Waals surface area (Å²) in [5, 5.41) is 6.51. The fraction of sp³-hybridized carbons (Fsp3) is 0.174. The average Bonchev–Trinajstić information content (AvgIpc) is 3.36. The lowest BCUT2D eigenvalue weighted by molar-refractivity contribution is -0.117. The predicted molar refractivity (Wildman–Crippen MR) is 136 cm³/mol. The summed E-state index contributed by atoms with van der Waals surface area (Å²) in [6, 6.07) is 12.6. The van der Waals surface area contributed by atoms with Crippen molar-refractivity contribution in [2.45, 2.75) is 10.3 Å². The number of ether oxygens (including phenoxy) is 1. The van der Waals surface area contributed by atoms with E-state index in [1.807, 2.05) is 0 Å². The Morgan fingerprint density at radius 1 is 0.941 bits per heavy atom. The molecule has 0 unspecified atom stereocenters. The molecule has 0 bridgehead atoms. The lowest BCUT2D eigenvalue weighted by Crippen LogP contribution is -2.18. The van der Waals surface area contributed by atoms with E-state index in [0.29, 0.717) is 32.9 Å². The Morgan fingerprint density at radius 2 is 1.62 bits per heavy atom. The summed E-state index contributed by atoms with van der Waals surface area (Å²) in [5.74, 6) is -1.79. The van der Waals surface area contributed by atoms with Crippen molar-refractivity contribution in [1.29, 1.82) is 0 Å². The van der Waals surface area contributed by atoms with E-state index in [1.165, 1.54) is 25.4 Å². The minimum atomic E-state index is -1.33. The first-order chi connectivity index (χ1) is 16.1. The summed E-state index contributed by atoms with van der Waals surface area (Å²) < 4.78 is 3.73. The second kappa shape index (κ2) is 9.80. The van der Waals surface area contributed by atoms with Crippen molar-refractivity contribution >= 4 is 81.2 Å². The van der Waals surface area contributed by atoms with E-state index < -0.39 is 28.0 Å². The van der Waals surface area contributed by atoms with Gasteiger partial charge in [-0.3, -0.25) is 9.59 Å². The maximum atomic E-state index is 13.0. The van der Waals surface area contributed by atoms with Crippen molar-refractivity contribution in [3.8, 4) is 5.88 Å². The van der Waals surface area contributed by atoms with Crippen molar-refractivity contribution in [3.05, 3.63) is 80.9 Å². The fourth-order valence-corrected chi connectivity index (χ4v) is 5.19. The zero-order valence-corrected chi connectivity index (χ0v) is 21.2. The average molecular weight is 560 g/mol. The molecule has 2 N–H and O–H groups in total. The van der Waals surface area contributed by atoms with Gasteiger partial charge in [-0.1, -0.05) is 34.8 Å². The molecular formula is C23H16Cl5N3O3. The Balaban J connectivity index is 1.50. The Hall–Kier alpha value is -2.22. The summed E-state index contributed by atoms with van der Waals surface area (Å²) >= 11 is 31.2. The molecule has 2 aromatic carbocycles. The third kappa shape index (κ3) is 5.21. The normalized spacial score (nSPS) is 18.2. The van der Waals surface area contributed by atoms with Gasteiger partial charge in [-0.05, 0) is 48.0 Å². The van der Waals surface area contributed by atoms with E-state index in [1.54, 1.807) is 36.4 Å². The molecule has 2 atom stereocenters. The van der Waals surface area contributed by atoms with Crippen molar-refractivity contribution in [2.75, 3.05) is 17.7 Å². The Labute approximate surface area is 220 Å². The van der Waals surface area contributed by atoms with Gasteiger partial charge in [-0.2, -0.15) is 0 Å². The van der Waals surface area contributed by atoms with Crippen LogP contribution in [0.2, 0.25) is 15.1 Å². The molecular weight excluding hydrogens is 544 g/mol. The number of carbonyl (C=O) groups is 2. The van der Waals surface area contributed by atoms with E-state index in [2.05, 4.69) is 15.6 Å². The SMILES string of the molecule is COc1cc(NC(=O)c2cc(NC(=O)[C@@H]3[C@@H](c4cc(Cl)cc(Cl)c4)C3(Cl)Cl)ccc2Cl)ccn1. The molecule has 0 radical (unpaired) electrons. The molecule has 3 aromatic rings. The Morgan fingerprint density at radius 3 is 2.29 bits per heavy atom. The number of pyridine rings is 1. The highest BCUT2D eigenvalue weighted by Gasteiger charge is 2.67. The van der Waals surface area contributed by atoms with Crippen molar-refractivity contribution in [1.82, 2.24) is 4.98 Å². The van der Waals surface area contributed by atoms with E-state index in [4.69, 9.17) is 62.7 Å². The van der Waals surface area contributed by atoms with E-state index in [0.717, 1.165) is 0 Å². The molecule has 1 aromatic heterocycles. The van der Waals surface area contributed by atoms with Crippen LogP contribution in [-0.4, -0.2) is 28.2 Å². The number of carbonyl (C=O) groups excluding carboxylic acids is 2. The molecule has 2 amide bonds. The van der Waals surface area contributed by atoms with Crippen LogP contribution in [0.3, 0.4) is 0 Å². The quantitative estimate of drug-likeness (QED) is 0.325.